The Labute approximate surface area is 186 Å². The quantitative estimate of drug-likeness (QED) is 0.583. The number of amides is 2. The number of imide groups is 1. The fourth-order valence-electron chi connectivity index (χ4n) is 3.81. The molecule has 0 spiro atoms. The Morgan fingerprint density at radius 3 is 2.52 bits per heavy atom. The second-order valence-corrected chi connectivity index (χ2v) is 8.56. The van der Waals surface area contributed by atoms with Crippen LogP contribution in [0.25, 0.3) is 6.08 Å². The molecule has 6 nitrogen and oxygen atoms in total. The molecule has 162 valence electrons. The van der Waals surface area contributed by atoms with Crippen molar-refractivity contribution in [2.24, 2.45) is 0 Å². The van der Waals surface area contributed by atoms with E-state index in [-0.39, 0.29) is 24.3 Å². The van der Waals surface area contributed by atoms with E-state index in [1.165, 1.54) is 23.4 Å². The Kier molecular flexibility index (Phi) is 6.51. The van der Waals surface area contributed by atoms with E-state index in [0.717, 1.165) is 36.0 Å². The number of hydrogen-bond donors (Lipinski definition) is 0. The van der Waals surface area contributed by atoms with Crippen LogP contribution in [-0.2, 0) is 4.79 Å². The molecule has 2 aromatic rings. The van der Waals surface area contributed by atoms with Gasteiger partial charge in [0.25, 0.3) is 11.1 Å². The summed E-state index contributed by atoms with van der Waals surface area (Å²) in [7, 11) is 1.57. The van der Waals surface area contributed by atoms with E-state index in [1.54, 1.807) is 19.2 Å². The van der Waals surface area contributed by atoms with E-state index < -0.39 is 0 Å². The van der Waals surface area contributed by atoms with Crippen LogP contribution in [0.4, 0.5) is 10.5 Å². The maximum Gasteiger partial charge on any atom is 0.293 e. The van der Waals surface area contributed by atoms with Gasteiger partial charge < -0.3 is 14.4 Å². The van der Waals surface area contributed by atoms with Crippen molar-refractivity contribution < 1.29 is 19.1 Å². The lowest BCUT2D eigenvalue weighted by Gasteiger charge is -2.18. The molecule has 0 bridgehead atoms. The molecule has 0 unspecified atom stereocenters. The first-order valence-electron chi connectivity index (χ1n) is 10.4. The first-order chi connectivity index (χ1) is 15.1. The predicted molar refractivity (Wildman–Crippen MR) is 124 cm³/mol. The highest BCUT2D eigenvalue weighted by Crippen LogP contribution is 2.33. The van der Waals surface area contributed by atoms with Gasteiger partial charge in [0, 0.05) is 18.8 Å². The van der Waals surface area contributed by atoms with Crippen LogP contribution in [-0.4, -0.2) is 49.4 Å². The second-order valence-electron chi connectivity index (χ2n) is 7.57. The standard InChI is InChI=1S/C24H26N2O4S/c1-17-15-19(25-11-5-6-12-25)10-9-18(17)16-22-23(27)26(24(28)31-22)13-14-30-21-8-4-3-7-20(21)29-2/h3-4,7-10,15-16H,5-6,11-14H2,1-2H3/b22-16-. The number of ether oxygens (including phenoxy) is 2. The van der Waals surface area contributed by atoms with Crippen molar-refractivity contribution in [2.45, 2.75) is 19.8 Å². The number of thioether (sulfide) groups is 1. The molecule has 2 aromatic carbocycles. The van der Waals surface area contributed by atoms with Crippen LogP contribution in [0.5, 0.6) is 11.5 Å². The molecule has 2 saturated heterocycles. The SMILES string of the molecule is COc1ccccc1OCCN1C(=O)S/C(=C\c2ccc(N3CCCC3)cc2C)C1=O. The molecule has 0 N–H and O–H groups in total. The highest BCUT2D eigenvalue weighted by atomic mass is 32.2. The van der Waals surface area contributed by atoms with Gasteiger partial charge in [0.2, 0.25) is 0 Å². The number of para-hydroxylation sites is 2. The van der Waals surface area contributed by atoms with Gasteiger partial charge in [0.05, 0.1) is 18.6 Å². The van der Waals surface area contributed by atoms with Gasteiger partial charge in [-0.15, -0.1) is 0 Å². The van der Waals surface area contributed by atoms with Gasteiger partial charge in [-0.1, -0.05) is 18.2 Å². The number of carbonyl (C=O) groups is 2. The van der Waals surface area contributed by atoms with Crippen LogP contribution >= 0.6 is 11.8 Å². The summed E-state index contributed by atoms with van der Waals surface area (Å²) in [5.74, 6) is 0.923. The summed E-state index contributed by atoms with van der Waals surface area (Å²) in [6.07, 6.45) is 4.28. The average Bonchev–Trinajstić information content (AvgIpc) is 3.40. The summed E-state index contributed by atoms with van der Waals surface area (Å²) >= 11 is 0.977. The van der Waals surface area contributed by atoms with Crippen molar-refractivity contribution in [1.29, 1.82) is 0 Å². The minimum Gasteiger partial charge on any atom is -0.493 e. The Hall–Kier alpha value is -2.93. The molecule has 31 heavy (non-hydrogen) atoms. The fourth-order valence-corrected chi connectivity index (χ4v) is 4.67. The molecule has 0 radical (unpaired) electrons. The fraction of sp³-hybridized carbons (Fsp3) is 0.333. The third-order valence-corrected chi connectivity index (χ3v) is 6.43. The number of carbonyl (C=O) groups excluding carboxylic acids is 2. The molecule has 2 fully saturated rings. The maximum atomic E-state index is 12.8. The summed E-state index contributed by atoms with van der Waals surface area (Å²) in [6.45, 7) is 4.61. The van der Waals surface area contributed by atoms with E-state index in [4.69, 9.17) is 9.47 Å². The Balaban J connectivity index is 1.41. The van der Waals surface area contributed by atoms with E-state index in [9.17, 15) is 9.59 Å². The smallest absolute Gasteiger partial charge is 0.293 e. The molecule has 7 heteroatoms. The molecule has 0 aliphatic carbocycles. The predicted octanol–water partition coefficient (Wildman–Crippen LogP) is 4.72. The molecular weight excluding hydrogens is 412 g/mol. The molecule has 2 amide bonds. The van der Waals surface area contributed by atoms with E-state index in [1.807, 2.05) is 31.2 Å². The number of benzene rings is 2. The minimum absolute atomic E-state index is 0.187. The molecule has 2 aliphatic rings. The Bertz CT molecular complexity index is 1010. The van der Waals surface area contributed by atoms with Gasteiger partial charge in [0.1, 0.15) is 6.61 Å². The van der Waals surface area contributed by atoms with Crippen molar-refractivity contribution in [1.82, 2.24) is 4.90 Å². The second kappa shape index (κ2) is 9.47. The summed E-state index contributed by atoms with van der Waals surface area (Å²) in [5, 5.41) is -0.272. The van der Waals surface area contributed by atoms with Crippen LogP contribution in [0.2, 0.25) is 0 Å². The van der Waals surface area contributed by atoms with Crippen molar-refractivity contribution in [3.05, 3.63) is 58.5 Å². The Morgan fingerprint density at radius 1 is 1.06 bits per heavy atom. The van der Waals surface area contributed by atoms with Gasteiger partial charge >= 0.3 is 0 Å². The third kappa shape index (κ3) is 4.71. The molecule has 4 rings (SSSR count). The van der Waals surface area contributed by atoms with Crippen molar-refractivity contribution in [2.75, 3.05) is 38.3 Å². The molecule has 2 aliphatic heterocycles. The topological polar surface area (TPSA) is 59.1 Å². The Morgan fingerprint density at radius 2 is 1.81 bits per heavy atom. The van der Waals surface area contributed by atoms with Crippen molar-refractivity contribution >= 4 is 34.7 Å². The summed E-state index contributed by atoms with van der Waals surface area (Å²) < 4.78 is 11.0. The molecule has 2 heterocycles. The monoisotopic (exact) mass is 438 g/mol. The van der Waals surface area contributed by atoms with Crippen molar-refractivity contribution in [3.8, 4) is 11.5 Å². The summed E-state index contributed by atoms with van der Waals surface area (Å²) in [4.78, 5) is 29.3. The lowest BCUT2D eigenvalue weighted by molar-refractivity contribution is -0.123. The molecule has 0 atom stereocenters. The lowest BCUT2D eigenvalue weighted by Crippen LogP contribution is -2.32. The maximum absolute atomic E-state index is 12.8. The zero-order valence-corrected chi connectivity index (χ0v) is 18.6. The van der Waals surface area contributed by atoms with Gasteiger partial charge in [0.15, 0.2) is 11.5 Å². The molecule has 0 aromatic heterocycles. The normalized spacial score (nSPS) is 17.7. The largest absolute Gasteiger partial charge is 0.493 e. The number of hydrogen-bond acceptors (Lipinski definition) is 6. The summed E-state index contributed by atoms with van der Waals surface area (Å²) in [5.41, 5.74) is 3.27. The average molecular weight is 439 g/mol. The minimum atomic E-state index is -0.276. The summed E-state index contributed by atoms with van der Waals surface area (Å²) in [6, 6.07) is 13.6. The number of methoxy groups -OCH3 is 1. The third-order valence-electron chi connectivity index (χ3n) is 5.53. The lowest BCUT2D eigenvalue weighted by atomic mass is 10.1. The number of aryl methyl sites for hydroxylation is 1. The van der Waals surface area contributed by atoms with E-state index in [0.29, 0.717) is 16.4 Å². The zero-order valence-electron chi connectivity index (χ0n) is 17.8. The van der Waals surface area contributed by atoms with E-state index >= 15 is 0 Å². The van der Waals surface area contributed by atoms with Crippen LogP contribution in [0.1, 0.15) is 24.0 Å². The van der Waals surface area contributed by atoms with Gasteiger partial charge in [-0.05, 0) is 73.0 Å². The number of rotatable bonds is 7. The van der Waals surface area contributed by atoms with Crippen LogP contribution < -0.4 is 14.4 Å². The molecule has 0 saturated carbocycles. The molecular formula is C24H26N2O4S. The van der Waals surface area contributed by atoms with Gasteiger partial charge in [-0.2, -0.15) is 0 Å². The van der Waals surface area contributed by atoms with Crippen LogP contribution in [0.3, 0.4) is 0 Å². The zero-order chi connectivity index (χ0) is 21.8. The van der Waals surface area contributed by atoms with Gasteiger partial charge in [-0.25, -0.2) is 0 Å². The van der Waals surface area contributed by atoms with Gasteiger partial charge in [-0.3, -0.25) is 14.5 Å². The number of anilines is 1. The number of nitrogens with zero attached hydrogens (tertiary/aromatic N) is 2. The van der Waals surface area contributed by atoms with E-state index in [2.05, 4.69) is 17.0 Å². The van der Waals surface area contributed by atoms with Crippen LogP contribution in [0, 0.1) is 6.92 Å². The highest BCUT2D eigenvalue weighted by Gasteiger charge is 2.35. The highest BCUT2D eigenvalue weighted by molar-refractivity contribution is 8.18. The first-order valence-corrected chi connectivity index (χ1v) is 11.3. The van der Waals surface area contributed by atoms with Crippen molar-refractivity contribution in [3.63, 3.8) is 0 Å². The van der Waals surface area contributed by atoms with Crippen LogP contribution in [0.15, 0.2) is 47.4 Å². The first kappa shape index (κ1) is 21.3.